The second-order valence-electron chi connectivity index (χ2n) is 4.43. The first kappa shape index (κ1) is 16.2. The Bertz CT molecular complexity index is 218. The summed E-state index contributed by atoms with van der Waals surface area (Å²) in [6.07, 6.45) is 0.967. The number of hydrogen-bond donors (Lipinski definition) is 2. The molecule has 0 fully saturated rings. The zero-order chi connectivity index (χ0) is 13.1. The first-order valence-corrected chi connectivity index (χ1v) is 6.12. The van der Waals surface area contributed by atoms with Gasteiger partial charge in [0.15, 0.2) is 5.96 Å². The van der Waals surface area contributed by atoms with Crippen LogP contribution in [0.2, 0.25) is 0 Å². The fourth-order valence-corrected chi connectivity index (χ4v) is 1.10. The molecular weight excluding hydrogens is 218 g/mol. The van der Waals surface area contributed by atoms with E-state index in [9.17, 15) is 0 Å². The third-order valence-corrected chi connectivity index (χ3v) is 2.33. The summed E-state index contributed by atoms with van der Waals surface area (Å²) in [4.78, 5) is 4.48. The highest BCUT2D eigenvalue weighted by atomic mass is 16.5. The fraction of sp³-hybridized carbons (Fsp3) is 0.917. The number of methoxy groups -OCH3 is 2. The minimum Gasteiger partial charge on any atom is -0.385 e. The molecule has 0 rings (SSSR count). The molecule has 0 aliphatic carbocycles. The predicted octanol–water partition coefficient (Wildman–Crippen LogP) is 1.00. The zero-order valence-electron chi connectivity index (χ0n) is 11.8. The first-order valence-electron chi connectivity index (χ1n) is 6.12. The van der Waals surface area contributed by atoms with Gasteiger partial charge in [-0.1, -0.05) is 0 Å². The molecule has 0 aromatic carbocycles. The van der Waals surface area contributed by atoms with Crippen molar-refractivity contribution in [2.75, 3.05) is 40.5 Å². The first-order chi connectivity index (χ1) is 8.05. The lowest BCUT2D eigenvalue weighted by Gasteiger charge is -2.21. The van der Waals surface area contributed by atoms with Crippen molar-refractivity contribution in [3.05, 3.63) is 0 Å². The summed E-state index contributed by atoms with van der Waals surface area (Å²) in [5.74, 6) is 0.828. The van der Waals surface area contributed by atoms with E-state index < -0.39 is 0 Å². The van der Waals surface area contributed by atoms with Gasteiger partial charge in [-0.05, 0) is 27.2 Å². The van der Waals surface area contributed by atoms with Crippen molar-refractivity contribution in [3.8, 4) is 0 Å². The SMILES string of the molecule is CCNC(=NCC(C)(C)OC)NCCCOC. The molecule has 102 valence electrons. The van der Waals surface area contributed by atoms with Crippen LogP contribution in [0, 0.1) is 0 Å². The van der Waals surface area contributed by atoms with Crippen LogP contribution in [0.4, 0.5) is 0 Å². The summed E-state index contributed by atoms with van der Waals surface area (Å²) in [6.45, 7) is 9.18. The van der Waals surface area contributed by atoms with E-state index in [-0.39, 0.29) is 5.60 Å². The second-order valence-corrected chi connectivity index (χ2v) is 4.43. The maximum Gasteiger partial charge on any atom is 0.191 e. The van der Waals surface area contributed by atoms with Crippen molar-refractivity contribution in [2.45, 2.75) is 32.8 Å². The van der Waals surface area contributed by atoms with Crippen LogP contribution < -0.4 is 10.6 Å². The van der Waals surface area contributed by atoms with Crippen molar-refractivity contribution in [3.63, 3.8) is 0 Å². The van der Waals surface area contributed by atoms with Gasteiger partial charge in [0.25, 0.3) is 0 Å². The Balaban J connectivity index is 4.07. The van der Waals surface area contributed by atoms with E-state index in [4.69, 9.17) is 9.47 Å². The third kappa shape index (κ3) is 8.94. The molecule has 0 bridgehead atoms. The molecule has 0 saturated heterocycles. The zero-order valence-corrected chi connectivity index (χ0v) is 11.8. The van der Waals surface area contributed by atoms with E-state index in [0.717, 1.165) is 32.1 Å². The highest BCUT2D eigenvalue weighted by Gasteiger charge is 2.15. The molecule has 0 heterocycles. The third-order valence-electron chi connectivity index (χ3n) is 2.33. The molecule has 0 atom stereocenters. The minimum atomic E-state index is -0.227. The molecule has 17 heavy (non-hydrogen) atoms. The van der Waals surface area contributed by atoms with Crippen LogP contribution >= 0.6 is 0 Å². The maximum atomic E-state index is 5.33. The largest absolute Gasteiger partial charge is 0.385 e. The molecule has 0 aromatic rings. The molecule has 0 aliphatic rings. The standard InChI is InChI=1S/C12H27N3O2/c1-6-13-11(14-8-7-9-16-4)15-10-12(2,3)17-5/h6-10H2,1-5H3,(H2,13,14,15). The molecule has 5 nitrogen and oxygen atoms in total. The van der Waals surface area contributed by atoms with E-state index in [1.807, 2.05) is 20.8 Å². The van der Waals surface area contributed by atoms with Crippen molar-refractivity contribution in [1.29, 1.82) is 0 Å². The molecule has 0 aliphatic heterocycles. The van der Waals surface area contributed by atoms with E-state index in [1.165, 1.54) is 0 Å². The Hall–Kier alpha value is -0.810. The lowest BCUT2D eigenvalue weighted by atomic mass is 10.1. The van der Waals surface area contributed by atoms with Gasteiger partial charge in [-0.25, -0.2) is 0 Å². The van der Waals surface area contributed by atoms with Crippen LogP contribution in [0.15, 0.2) is 4.99 Å². The van der Waals surface area contributed by atoms with Gasteiger partial charge < -0.3 is 20.1 Å². The van der Waals surface area contributed by atoms with Gasteiger partial charge >= 0.3 is 0 Å². The Labute approximate surface area is 105 Å². The van der Waals surface area contributed by atoms with E-state index in [0.29, 0.717) is 6.54 Å². The van der Waals surface area contributed by atoms with Crippen LogP contribution in [-0.2, 0) is 9.47 Å². The maximum absolute atomic E-state index is 5.33. The van der Waals surface area contributed by atoms with Crippen LogP contribution in [0.25, 0.3) is 0 Å². The van der Waals surface area contributed by atoms with Gasteiger partial charge in [-0.2, -0.15) is 0 Å². The van der Waals surface area contributed by atoms with Crippen molar-refractivity contribution < 1.29 is 9.47 Å². The molecule has 0 unspecified atom stereocenters. The number of aliphatic imine (C=N–C) groups is 1. The van der Waals surface area contributed by atoms with Crippen molar-refractivity contribution in [2.24, 2.45) is 4.99 Å². The van der Waals surface area contributed by atoms with Gasteiger partial charge in [0.05, 0.1) is 12.1 Å². The number of hydrogen-bond acceptors (Lipinski definition) is 3. The lowest BCUT2D eigenvalue weighted by molar-refractivity contribution is 0.0310. The molecule has 0 radical (unpaired) electrons. The molecule has 0 aromatic heterocycles. The van der Waals surface area contributed by atoms with Crippen molar-refractivity contribution >= 4 is 5.96 Å². The summed E-state index contributed by atoms with van der Waals surface area (Å²) in [7, 11) is 3.41. The molecule has 0 saturated carbocycles. The summed E-state index contributed by atoms with van der Waals surface area (Å²) in [5, 5.41) is 6.45. The van der Waals surface area contributed by atoms with Crippen LogP contribution in [0.3, 0.4) is 0 Å². The number of guanidine groups is 1. The number of ether oxygens (including phenoxy) is 2. The van der Waals surface area contributed by atoms with Gasteiger partial charge in [-0.3, -0.25) is 4.99 Å². The van der Waals surface area contributed by atoms with Crippen LogP contribution in [0.1, 0.15) is 27.2 Å². The molecule has 0 spiro atoms. The van der Waals surface area contributed by atoms with Gasteiger partial charge in [0.2, 0.25) is 0 Å². The van der Waals surface area contributed by atoms with Gasteiger partial charge in [-0.15, -0.1) is 0 Å². The second kappa shape index (κ2) is 9.24. The summed E-state index contributed by atoms with van der Waals surface area (Å²) in [6, 6.07) is 0. The van der Waals surface area contributed by atoms with Gasteiger partial charge in [0, 0.05) is 33.9 Å². The molecule has 2 N–H and O–H groups in total. The molecule has 5 heteroatoms. The minimum absolute atomic E-state index is 0.227. The number of nitrogens with zero attached hydrogens (tertiary/aromatic N) is 1. The predicted molar refractivity (Wildman–Crippen MR) is 71.6 cm³/mol. The Morgan fingerprint density at radius 1 is 1.24 bits per heavy atom. The van der Waals surface area contributed by atoms with Crippen LogP contribution in [-0.4, -0.2) is 52.0 Å². The van der Waals surface area contributed by atoms with Crippen molar-refractivity contribution in [1.82, 2.24) is 10.6 Å². The average Bonchev–Trinajstić information content (AvgIpc) is 2.31. The number of nitrogens with one attached hydrogen (secondary N) is 2. The Kier molecular flexibility index (Phi) is 8.80. The quantitative estimate of drug-likeness (QED) is 0.380. The number of rotatable bonds is 8. The monoisotopic (exact) mass is 245 g/mol. The van der Waals surface area contributed by atoms with Crippen LogP contribution in [0.5, 0.6) is 0 Å². The average molecular weight is 245 g/mol. The van der Waals surface area contributed by atoms with E-state index in [2.05, 4.69) is 15.6 Å². The van der Waals surface area contributed by atoms with Gasteiger partial charge in [0.1, 0.15) is 0 Å². The highest BCUT2D eigenvalue weighted by Crippen LogP contribution is 2.06. The normalized spacial score (nSPS) is 12.6. The highest BCUT2D eigenvalue weighted by molar-refractivity contribution is 5.79. The van der Waals surface area contributed by atoms with E-state index >= 15 is 0 Å². The summed E-state index contributed by atoms with van der Waals surface area (Å²) in [5.41, 5.74) is -0.227. The topological polar surface area (TPSA) is 54.9 Å². The summed E-state index contributed by atoms with van der Waals surface area (Å²) >= 11 is 0. The molecule has 0 amide bonds. The fourth-order valence-electron chi connectivity index (χ4n) is 1.10. The Morgan fingerprint density at radius 3 is 2.47 bits per heavy atom. The van der Waals surface area contributed by atoms with E-state index in [1.54, 1.807) is 14.2 Å². The molecular formula is C12H27N3O2. The summed E-state index contributed by atoms with van der Waals surface area (Å²) < 4.78 is 10.3. The lowest BCUT2D eigenvalue weighted by Crippen LogP contribution is -2.39. The Morgan fingerprint density at radius 2 is 1.94 bits per heavy atom. The smallest absolute Gasteiger partial charge is 0.191 e.